The molecule has 0 aromatic heterocycles. The predicted molar refractivity (Wildman–Crippen MR) is 59.5 cm³/mol. The van der Waals surface area contributed by atoms with Gasteiger partial charge in [-0.3, -0.25) is 0 Å². The number of para-hydroxylation sites is 1. The van der Waals surface area contributed by atoms with Crippen molar-refractivity contribution in [2.45, 2.75) is 32.6 Å². The Morgan fingerprint density at radius 1 is 1.43 bits per heavy atom. The molecular weight excluding hydrogens is 173 g/mol. The largest absolute Gasteiger partial charge is 0.546 e. The van der Waals surface area contributed by atoms with Crippen molar-refractivity contribution in [3.8, 4) is 5.75 Å². The van der Waals surface area contributed by atoms with E-state index in [0.717, 1.165) is 5.75 Å². The average Bonchev–Trinajstić information content (AvgIpc) is 2.18. The van der Waals surface area contributed by atoms with Gasteiger partial charge in [0, 0.05) is 11.6 Å². The minimum atomic E-state index is 0.126. The van der Waals surface area contributed by atoms with Crippen LogP contribution in [0.25, 0.3) is 0 Å². The fraction of sp³-hybridized carbons (Fsp3) is 0.455. The van der Waals surface area contributed by atoms with Crippen molar-refractivity contribution >= 4 is 7.05 Å². The van der Waals surface area contributed by atoms with Crippen LogP contribution in [0.2, 0.25) is 6.82 Å². The highest BCUT2D eigenvalue weighted by molar-refractivity contribution is 6.48. The Labute approximate surface area is 85.8 Å². The summed E-state index contributed by atoms with van der Waals surface area (Å²) in [6, 6.07) is 8.76. The molecule has 3 heteroatoms. The van der Waals surface area contributed by atoms with Crippen molar-refractivity contribution in [3.05, 3.63) is 29.8 Å². The molecular formula is C11H16BNO. The molecule has 0 bridgehead atoms. The molecule has 1 aromatic rings. The predicted octanol–water partition coefficient (Wildman–Crippen LogP) is 2.63. The molecule has 1 heterocycles. The molecule has 1 aliphatic heterocycles. The highest BCUT2D eigenvalue weighted by Gasteiger charge is 2.26. The minimum absolute atomic E-state index is 0.126. The molecule has 1 unspecified atom stereocenters. The Balaban J connectivity index is 2.28. The average molecular weight is 189 g/mol. The summed E-state index contributed by atoms with van der Waals surface area (Å²) in [5.41, 5.74) is 1.30. The quantitative estimate of drug-likeness (QED) is 0.722. The topological polar surface area (TPSA) is 21.3 Å². The first-order valence-electron chi connectivity index (χ1n) is 5.33. The summed E-state index contributed by atoms with van der Waals surface area (Å²) >= 11 is 0. The van der Waals surface area contributed by atoms with Gasteiger partial charge in [0.05, 0.1) is 0 Å². The SMILES string of the molecule is CCCC1NB(C)Oc2ccccc21. The van der Waals surface area contributed by atoms with Crippen LogP contribution in [0.5, 0.6) is 5.75 Å². The summed E-state index contributed by atoms with van der Waals surface area (Å²) in [5.74, 6) is 1.04. The van der Waals surface area contributed by atoms with Crippen molar-refractivity contribution in [3.63, 3.8) is 0 Å². The van der Waals surface area contributed by atoms with E-state index in [1.807, 2.05) is 6.07 Å². The molecule has 0 aliphatic carbocycles. The zero-order chi connectivity index (χ0) is 9.97. The van der Waals surface area contributed by atoms with E-state index in [0.29, 0.717) is 6.04 Å². The maximum absolute atomic E-state index is 5.70. The van der Waals surface area contributed by atoms with Gasteiger partial charge in [0.1, 0.15) is 5.75 Å². The molecule has 1 N–H and O–H groups in total. The normalized spacial score (nSPS) is 20.1. The lowest BCUT2D eigenvalue weighted by Crippen LogP contribution is -2.43. The molecule has 1 atom stereocenters. The Bertz CT molecular complexity index is 316. The van der Waals surface area contributed by atoms with Gasteiger partial charge in [-0.2, -0.15) is 0 Å². The van der Waals surface area contributed by atoms with Crippen LogP contribution in [0.3, 0.4) is 0 Å². The first-order valence-corrected chi connectivity index (χ1v) is 5.33. The summed E-state index contributed by atoms with van der Waals surface area (Å²) in [6.07, 6.45) is 2.36. The molecule has 0 saturated heterocycles. The second kappa shape index (κ2) is 4.05. The Kier molecular flexibility index (Phi) is 2.78. The van der Waals surface area contributed by atoms with Gasteiger partial charge in [0.25, 0.3) is 0 Å². The summed E-state index contributed by atoms with van der Waals surface area (Å²) in [4.78, 5) is 0. The summed E-state index contributed by atoms with van der Waals surface area (Å²) in [6.45, 7) is 4.27. The second-order valence-corrected chi connectivity index (χ2v) is 3.81. The molecule has 1 aliphatic rings. The van der Waals surface area contributed by atoms with E-state index in [4.69, 9.17) is 4.65 Å². The molecule has 1 aromatic carbocycles. The third-order valence-corrected chi connectivity index (χ3v) is 2.61. The lowest BCUT2D eigenvalue weighted by atomic mass is 9.81. The van der Waals surface area contributed by atoms with Gasteiger partial charge in [-0.05, 0) is 19.3 Å². The van der Waals surface area contributed by atoms with Crippen LogP contribution in [0.15, 0.2) is 24.3 Å². The zero-order valence-corrected chi connectivity index (χ0v) is 8.79. The number of nitrogens with one attached hydrogen (secondary N) is 1. The van der Waals surface area contributed by atoms with Crippen LogP contribution in [0.4, 0.5) is 0 Å². The van der Waals surface area contributed by atoms with Gasteiger partial charge < -0.3 is 9.88 Å². The van der Waals surface area contributed by atoms with Gasteiger partial charge in [-0.25, -0.2) is 0 Å². The Hall–Kier alpha value is -0.955. The smallest absolute Gasteiger partial charge is 0.443 e. The van der Waals surface area contributed by atoms with E-state index in [9.17, 15) is 0 Å². The third-order valence-electron chi connectivity index (χ3n) is 2.61. The van der Waals surface area contributed by atoms with Gasteiger partial charge in [-0.15, -0.1) is 0 Å². The molecule has 2 nitrogen and oxygen atoms in total. The maximum atomic E-state index is 5.70. The van der Waals surface area contributed by atoms with Crippen LogP contribution in [-0.4, -0.2) is 7.05 Å². The van der Waals surface area contributed by atoms with Crippen LogP contribution in [0.1, 0.15) is 31.4 Å². The molecule has 0 saturated carbocycles. The van der Waals surface area contributed by atoms with E-state index >= 15 is 0 Å². The number of hydrogen-bond donors (Lipinski definition) is 1. The lowest BCUT2D eigenvalue weighted by Gasteiger charge is -2.30. The number of hydrogen-bond acceptors (Lipinski definition) is 2. The van der Waals surface area contributed by atoms with E-state index < -0.39 is 0 Å². The molecule has 14 heavy (non-hydrogen) atoms. The maximum Gasteiger partial charge on any atom is 0.443 e. The van der Waals surface area contributed by atoms with E-state index in [-0.39, 0.29) is 7.05 Å². The van der Waals surface area contributed by atoms with E-state index in [1.165, 1.54) is 18.4 Å². The van der Waals surface area contributed by atoms with Gasteiger partial charge in [0.2, 0.25) is 0 Å². The summed E-state index contributed by atoms with van der Waals surface area (Å²) in [5, 5.41) is 3.45. The number of benzene rings is 1. The summed E-state index contributed by atoms with van der Waals surface area (Å²) in [7, 11) is 0.126. The molecule has 0 amide bonds. The first kappa shape index (κ1) is 9.59. The molecule has 2 rings (SSSR count). The van der Waals surface area contributed by atoms with Gasteiger partial charge in [-0.1, -0.05) is 31.5 Å². The standard InChI is InChI=1S/C11H16BNO/c1-3-6-10-9-7-4-5-8-11(9)14-12(2)13-10/h4-5,7-8,10,13H,3,6H2,1-2H3. The highest BCUT2D eigenvalue weighted by Crippen LogP contribution is 2.31. The van der Waals surface area contributed by atoms with E-state index in [2.05, 4.69) is 37.2 Å². The van der Waals surface area contributed by atoms with Crippen molar-refractivity contribution in [2.24, 2.45) is 0 Å². The minimum Gasteiger partial charge on any atom is -0.546 e. The van der Waals surface area contributed by atoms with Crippen molar-refractivity contribution < 1.29 is 4.65 Å². The number of fused-ring (bicyclic) bond motifs is 1. The fourth-order valence-corrected chi connectivity index (χ4v) is 2.00. The molecule has 74 valence electrons. The molecule has 0 radical (unpaired) electrons. The third kappa shape index (κ3) is 1.78. The van der Waals surface area contributed by atoms with Crippen molar-refractivity contribution in [2.75, 3.05) is 0 Å². The first-order chi connectivity index (χ1) is 6.81. The Morgan fingerprint density at radius 3 is 3.00 bits per heavy atom. The fourth-order valence-electron chi connectivity index (χ4n) is 2.00. The number of rotatable bonds is 2. The summed E-state index contributed by atoms with van der Waals surface area (Å²) < 4.78 is 5.70. The molecule has 0 fully saturated rings. The lowest BCUT2D eigenvalue weighted by molar-refractivity contribution is 0.454. The monoisotopic (exact) mass is 189 g/mol. The van der Waals surface area contributed by atoms with Gasteiger partial charge in [0.15, 0.2) is 0 Å². The van der Waals surface area contributed by atoms with Gasteiger partial charge >= 0.3 is 7.05 Å². The second-order valence-electron chi connectivity index (χ2n) is 3.81. The van der Waals surface area contributed by atoms with Crippen molar-refractivity contribution in [1.82, 2.24) is 5.23 Å². The van der Waals surface area contributed by atoms with Crippen LogP contribution >= 0.6 is 0 Å². The van der Waals surface area contributed by atoms with Crippen LogP contribution in [-0.2, 0) is 0 Å². The van der Waals surface area contributed by atoms with Crippen molar-refractivity contribution in [1.29, 1.82) is 0 Å². The van der Waals surface area contributed by atoms with Crippen LogP contribution in [0, 0.1) is 0 Å². The zero-order valence-electron chi connectivity index (χ0n) is 8.79. The van der Waals surface area contributed by atoms with Crippen LogP contribution < -0.4 is 9.88 Å². The highest BCUT2D eigenvalue weighted by atomic mass is 16.4. The van der Waals surface area contributed by atoms with E-state index in [1.54, 1.807) is 0 Å². The molecule has 0 spiro atoms. The Morgan fingerprint density at radius 2 is 2.21 bits per heavy atom.